The third-order valence-corrected chi connectivity index (χ3v) is 9.03. The smallest absolute Gasteiger partial charge is 0.0969 e. The van der Waals surface area contributed by atoms with E-state index in [9.17, 15) is 0 Å². The Hall–Kier alpha value is -2.00. The molecule has 2 aliphatic carbocycles. The van der Waals surface area contributed by atoms with Crippen LogP contribution < -0.4 is 0 Å². The molecule has 1 aromatic carbocycles. The van der Waals surface area contributed by atoms with Crippen LogP contribution in [0, 0.1) is 6.92 Å². The molecule has 2 nitrogen and oxygen atoms in total. The molecule has 2 heterocycles. The molecule has 162 valence electrons. The maximum atomic E-state index is 4.98. The fourth-order valence-corrected chi connectivity index (χ4v) is 6.27. The molecule has 3 aromatic rings. The molecule has 1 atom stereocenters. The van der Waals surface area contributed by atoms with Crippen LogP contribution in [0.5, 0.6) is 0 Å². The van der Waals surface area contributed by atoms with Crippen molar-refractivity contribution in [3.63, 3.8) is 0 Å². The minimum absolute atomic E-state index is 0.106. The number of aromatic nitrogens is 2. The second kappa shape index (κ2) is 7.27. The number of nitrogens with zero attached hydrogens (tertiary/aromatic N) is 2. The lowest BCUT2D eigenvalue weighted by atomic mass is 9.60. The molecule has 0 bridgehead atoms. The van der Waals surface area contributed by atoms with Gasteiger partial charge in [-0.05, 0) is 83.7 Å². The Morgan fingerprint density at radius 3 is 2.35 bits per heavy atom. The second-order valence-corrected chi connectivity index (χ2v) is 11.7. The van der Waals surface area contributed by atoms with Gasteiger partial charge in [-0.2, -0.15) is 0 Å². The number of hydrogen-bond donors (Lipinski definition) is 0. The molecule has 1 fully saturated rings. The van der Waals surface area contributed by atoms with Crippen molar-refractivity contribution in [1.82, 2.24) is 9.97 Å². The summed E-state index contributed by atoms with van der Waals surface area (Å²) in [6, 6.07) is 9.65. The largest absolute Gasteiger partial charge is 0.260 e. The fourth-order valence-electron chi connectivity index (χ4n) is 5.62. The zero-order valence-electron chi connectivity index (χ0n) is 19.6. The summed E-state index contributed by atoms with van der Waals surface area (Å²) in [6.45, 7) is 12.0. The van der Waals surface area contributed by atoms with Crippen LogP contribution in [0.2, 0.25) is 0 Å². The molecule has 31 heavy (non-hydrogen) atoms. The van der Waals surface area contributed by atoms with Crippen molar-refractivity contribution in [3.8, 4) is 0 Å². The Morgan fingerprint density at radius 1 is 0.935 bits per heavy atom. The fraction of sp³-hybridized carbons (Fsp3) is 0.500. The third-order valence-electron chi connectivity index (χ3n) is 8.25. The van der Waals surface area contributed by atoms with E-state index in [0.717, 1.165) is 11.4 Å². The third kappa shape index (κ3) is 3.46. The first kappa shape index (κ1) is 20.9. The van der Waals surface area contributed by atoms with Gasteiger partial charge in [0.2, 0.25) is 0 Å². The summed E-state index contributed by atoms with van der Waals surface area (Å²) in [6.07, 6.45) is 11.0. The Labute approximate surface area is 191 Å². The Balaban J connectivity index is 1.53. The molecule has 3 heteroatoms. The van der Waals surface area contributed by atoms with E-state index in [2.05, 4.69) is 70.1 Å². The zero-order chi connectivity index (χ0) is 21.9. The second-order valence-electron chi connectivity index (χ2n) is 10.7. The molecular weight excluding hydrogens is 396 g/mol. The number of rotatable bonds is 5. The van der Waals surface area contributed by atoms with Gasteiger partial charge in [0, 0.05) is 29.6 Å². The van der Waals surface area contributed by atoms with Gasteiger partial charge in [-0.15, -0.1) is 11.3 Å². The van der Waals surface area contributed by atoms with Gasteiger partial charge in [-0.25, -0.2) is 4.98 Å². The van der Waals surface area contributed by atoms with Crippen molar-refractivity contribution >= 4 is 11.3 Å². The Kier molecular flexibility index (Phi) is 4.89. The monoisotopic (exact) mass is 430 g/mol. The maximum absolute atomic E-state index is 4.98. The van der Waals surface area contributed by atoms with Gasteiger partial charge >= 0.3 is 0 Å². The van der Waals surface area contributed by atoms with Gasteiger partial charge in [0.25, 0.3) is 0 Å². The van der Waals surface area contributed by atoms with E-state index in [-0.39, 0.29) is 10.8 Å². The average Bonchev–Trinajstić information content (AvgIpc) is 3.40. The van der Waals surface area contributed by atoms with Crippen LogP contribution in [0.25, 0.3) is 0 Å². The van der Waals surface area contributed by atoms with Crippen molar-refractivity contribution in [2.45, 2.75) is 89.4 Å². The van der Waals surface area contributed by atoms with Crippen LogP contribution in [-0.2, 0) is 22.7 Å². The Bertz CT molecular complexity index is 1090. The highest BCUT2D eigenvalue weighted by Gasteiger charge is 2.49. The highest BCUT2D eigenvalue weighted by molar-refractivity contribution is 7.09. The normalized spacial score (nSPS) is 23.4. The van der Waals surface area contributed by atoms with Gasteiger partial charge < -0.3 is 0 Å². The molecule has 2 aromatic heterocycles. The minimum atomic E-state index is 0.106. The number of benzene rings is 1. The highest BCUT2D eigenvalue weighted by Crippen LogP contribution is 2.56. The van der Waals surface area contributed by atoms with Crippen LogP contribution in [0.3, 0.4) is 0 Å². The van der Waals surface area contributed by atoms with Gasteiger partial charge in [0.05, 0.1) is 10.7 Å². The van der Waals surface area contributed by atoms with E-state index in [1.54, 1.807) is 22.5 Å². The quantitative estimate of drug-likeness (QED) is 0.426. The van der Waals surface area contributed by atoms with E-state index in [0.29, 0.717) is 5.41 Å². The van der Waals surface area contributed by atoms with Crippen molar-refractivity contribution < 1.29 is 0 Å². The van der Waals surface area contributed by atoms with Gasteiger partial charge in [0.15, 0.2) is 0 Å². The summed E-state index contributed by atoms with van der Waals surface area (Å²) in [7, 11) is 0. The predicted octanol–water partition coefficient (Wildman–Crippen LogP) is 7.26. The van der Waals surface area contributed by atoms with E-state index < -0.39 is 0 Å². The van der Waals surface area contributed by atoms with E-state index in [4.69, 9.17) is 4.98 Å². The molecule has 0 spiro atoms. The number of aryl methyl sites for hydroxylation is 1. The van der Waals surface area contributed by atoms with Crippen molar-refractivity contribution in [3.05, 3.63) is 80.6 Å². The maximum Gasteiger partial charge on any atom is 0.0969 e. The summed E-state index contributed by atoms with van der Waals surface area (Å²) in [5.74, 6) is 0. The standard InChI is InChI=1S/C28H34N2S/c1-6-27(5)10-9-26(3,4)22-17-21(19(2)15-23(22)27)28(11-12-28)24-8-7-20(18-30-24)16-25-29-13-14-31-25/h7-8,13-15,17-18H,6,9-12,16H2,1-5H3. The topological polar surface area (TPSA) is 25.8 Å². The molecule has 5 rings (SSSR count). The van der Waals surface area contributed by atoms with Crippen molar-refractivity contribution in [2.75, 3.05) is 0 Å². The summed E-state index contributed by atoms with van der Waals surface area (Å²) < 4.78 is 0. The zero-order valence-corrected chi connectivity index (χ0v) is 20.4. The summed E-state index contributed by atoms with van der Waals surface area (Å²) in [5, 5.41) is 3.20. The van der Waals surface area contributed by atoms with Gasteiger partial charge in [0.1, 0.15) is 0 Å². The SMILES string of the molecule is CCC1(C)CCC(C)(C)c2cc(C3(c4ccc(Cc5nccs5)cn4)CC3)c(C)cc21. The van der Waals surface area contributed by atoms with Crippen LogP contribution in [0.1, 0.15) is 98.3 Å². The first-order valence-electron chi connectivity index (χ1n) is 11.8. The van der Waals surface area contributed by atoms with E-state index in [1.807, 2.05) is 11.6 Å². The highest BCUT2D eigenvalue weighted by atomic mass is 32.1. The molecule has 1 saturated carbocycles. The molecular formula is C28H34N2S. The summed E-state index contributed by atoms with van der Waals surface area (Å²) in [4.78, 5) is 9.40. The van der Waals surface area contributed by atoms with Crippen LogP contribution in [-0.4, -0.2) is 9.97 Å². The van der Waals surface area contributed by atoms with Crippen LogP contribution >= 0.6 is 11.3 Å². The molecule has 0 amide bonds. The van der Waals surface area contributed by atoms with Crippen LogP contribution in [0.15, 0.2) is 42.0 Å². The number of hydrogen-bond acceptors (Lipinski definition) is 3. The lowest BCUT2D eigenvalue weighted by Crippen LogP contribution is -2.36. The van der Waals surface area contributed by atoms with Crippen molar-refractivity contribution in [2.24, 2.45) is 0 Å². The molecule has 0 radical (unpaired) electrons. The van der Waals surface area contributed by atoms with Gasteiger partial charge in [-0.3, -0.25) is 4.98 Å². The van der Waals surface area contributed by atoms with Crippen molar-refractivity contribution in [1.29, 1.82) is 0 Å². The van der Waals surface area contributed by atoms with E-state index >= 15 is 0 Å². The summed E-state index contributed by atoms with van der Waals surface area (Å²) in [5.41, 5.74) is 9.28. The first-order valence-corrected chi connectivity index (χ1v) is 12.7. The summed E-state index contributed by atoms with van der Waals surface area (Å²) >= 11 is 1.71. The first-order chi connectivity index (χ1) is 14.8. The molecule has 0 aliphatic heterocycles. The van der Waals surface area contributed by atoms with E-state index in [1.165, 1.54) is 54.5 Å². The molecule has 1 unspecified atom stereocenters. The number of pyridine rings is 1. The number of fused-ring (bicyclic) bond motifs is 1. The van der Waals surface area contributed by atoms with Gasteiger partial charge in [-0.1, -0.05) is 45.9 Å². The molecule has 0 N–H and O–H groups in total. The minimum Gasteiger partial charge on any atom is -0.260 e. The lowest BCUT2D eigenvalue weighted by Gasteiger charge is -2.44. The number of thiazole rings is 1. The molecule has 2 aliphatic rings. The Morgan fingerprint density at radius 2 is 1.74 bits per heavy atom. The lowest BCUT2D eigenvalue weighted by molar-refractivity contribution is 0.304. The van der Waals surface area contributed by atoms with Crippen LogP contribution in [0.4, 0.5) is 0 Å². The predicted molar refractivity (Wildman–Crippen MR) is 130 cm³/mol. The average molecular weight is 431 g/mol. The molecule has 0 saturated heterocycles.